The molecular formula is C10H9NO3. The zero-order chi connectivity index (χ0) is 10.1. The van der Waals surface area contributed by atoms with E-state index in [1.54, 1.807) is 18.2 Å². The van der Waals surface area contributed by atoms with Gasteiger partial charge in [-0.25, -0.2) is 0 Å². The van der Waals surface area contributed by atoms with Gasteiger partial charge in [0.15, 0.2) is 11.5 Å². The number of hydrogen-bond donors (Lipinski definition) is 2. The van der Waals surface area contributed by atoms with Crippen LogP contribution in [-0.2, 0) is 0 Å². The van der Waals surface area contributed by atoms with Crippen LogP contribution in [0.4, 0.5) is 0 Å². The van der Waals surface area contributed by atoms with Gasteiger partial charge in [0.05, 0.1) is 12.5 Å². The first-order valence-corrected chi connectivity index (χ1v) is 4.11. The lowest BCUT2D eigenvalue weighted by Gasteiger charge is -2.05. The van der Waals surface area contributed by atoms with Crippen molar-refractivity contribution in [3.8, 4) is 11.5 Å². The van der Waals surface area contributed by atoms with Gasteiger partial charge in [-0.3, -0.25) is 4.79 Å². The number of ether oxygens (including phenoxy) is 1. The predicted octanol–water partition coefficient (Wildman–Crippen LogP) is 1.24. The van der Waals surface area contributed by atoms with E-state index in [4.69, 9.17) is 4.74 Å². The number of methoxy groups -OCH3 is 1. The third-order valence-electron chi connectivity index (χ3n) is 2.11. The van der Waals surface area contributed by atoms with E-state index in [9.17, 15) is 9.90 Å². The number of aromatic amines is 1. The molecular weight excluding hydrogens is 182 g/mol. The summed E-state index contributed by atoms with van der Waals surface area (Å²) in [6.45, 7) is 0. The molecule has 0 saturated carbocycles. The van der Waals surface area contributed by atoms with E-state index in [1.165, 1.54) is 13.3 Å². The lowest BCUT2D eigenvalue weighted by Crippen LogP contribution is -2.04. The Morgan fingerprint density at radius 1 is 1.29 bits per heavy atom. The van der Waals surface area contributed by atoms with Crippen molar-refractivity contribution in [3.63, 3.8) is 0 Å². The van der Waals surface area contributed by atoms with Crippen LogP contribution in [0.15, 0.2) is 29.2 Å². The van der Waals surface area contributed by atoms with Crippen molar-refractivity contribution < 1.29 is 9.84 Å². The standard InChI is InChI=1S/C10H9NO3/c1-14-8-3-2-7-6(9(8)12)4-5-11-10(7)13/h2-5,12H,1H3,(H,11,13). The van der Waals surface area contributed by atoms with Gasteiger partial charge < -0.3 is 14.8 Å². The minimum atomic E-state index is -0.222. The highest BCUT2D eigenvalue weighted by atomic mass is 16.5. The minimum absolute atomic E-state index is 0.00361. The van der Waals surface area contributed by atoms with E-state index >= 15 is 0 Å². The Bertz CT molecular complexity index is 530. The van der Waals surface area contributed by atoms with Crippen molar-refractivity contribution in [1.82, 2.24) is 4.98 Å². The largest absolute Gasteiger partial charge is 0.504 e. The van der Waals surface area contributed by atoms with Crippen LogP contribution >= 0.6 is 0 Å². The average molecular weight is 191 g/mol. The van der Waals surface area contributed by atoms with Crippen molar-refractivity contribution in [2.75, 3.05) is 7.11 Å². The first-order valence-electron chi connectivity index (χ1n) is 4.11. The minimum Gasteiger partial charge on any atom is -0.504 e. The summed E-state index contributed by atoms with van der Waals surface area (Å²) in [7, 11) is 1.47. The second-order valence-corrected chi connectivity index (χ2v) is 2.88. The second-order valence-electron chi connectivity index (χ2n) is 2.88. The number of H-pyrrole nitrogens is 1. The van der Waals surface area contributed by atoms with Crippen LogP contribution in [-0.4, -0.2) is 17.2 Å². The molecule has 0 fully saturated rings. The van der Waals surface area contributed by atoms with E-state index in [1.807, 2.05) is 0 Å². The maximum absolute atomic E-state index is 11.3. The van der Waals surface area contributed by atoms with Gasteiger partial charge in [-0.05, 0) is 18.2 Å². The summed E-state index contributed by atoms with van der Waals surface area (Å²) in [6.07, 6.45) is 1.49. The van der Waals surface area contributed by atoms with Gasteiger partial charge in [0.25, 0.3) is 5.56 Å². The molecule has 4 nitrogen and oxygen atoms in total. The number of benzene rings is 1. The van der Waals surface area contributed by atoms with Crippen molar-refractivity contribution in [2.45, 2.75) is 0 Å². The van der Waals surface area contributed by atoms with Gasteiger partial charge in [0.2, 0.25) is 0 Å². The van der Waals surface area contributed by atoms with Gasteiger partial charge in [-0.1, -0.05) is 0 Å². The van der Waals surface area contributed by atoms with Crippen LogP contribution in [0, 0.1) is 0 Å². The monoisotopic (exact) mass is 191 g/mol. The number of aromatic hydroxyl groups is 1. The number of hydrogen-bond acceptors (Lipinski definition) is 3. The van der Waals surface area contributed by atoms with Crippen molar-refractivity contribution in [3.05, 3.63) is 34.7 Å². The van der Waals surface area contributed by atoms with Gasteiger partial charge in [-0.15, -0.1) is 0 Å². The number of aromatic nitrogens is 1. The molecule has 0 amide bonds. The molecule has 0 atom stereocenters. The Kier molecular flexibility index (Phi) is 1.89. The van der Waals surface area contributed by atoms with Crippen LogP contribution < -0.4 is 10.3 Å². The molecule has 0 bridgehead atoms. The highest BCUT2D eigenvalue weighted by molar-refractivity contribution is 5.89. The number of rotatable bonds is 1. The average Bonchev–Trinajstić information content (AvgIpc) is 2.20. The summed E-state index contributed by atoms with van der Waals surface area (Å²) in [6, 6.07) is 4.81. The summed E-state index contributed by atoms with van der Waals surface area (Å²) in [5, 5.41) is 10.6. The van der Waals surface area contributed by atoms with Crippen molar-refractivity contribution in [1.29, 1.82) is 0 Å². The lowest BCUT2D eigenvalue weighted by molar-refractivity contribution is 0.376. The third-order valence-corrected chi connectivity index (χ3v) is 2.11. The molecule has 2 rings (SSSR count). The van der Waals surface area contributed by atoms with Crippen molar-refractivity contribution in [2.24, 2.45) is 0 Å². The Balaban J connectivity index is 2.91. The summed E-state index contributed by atoms with van der Waals surface area (Å²) in [5.74, 6) is 0.360. The Hall–Kier alpha value is -1.97. The Morgan fingerprint density at radius 2 is 2.07 bits per heavy atom. The molecule has 0 aliphatic rings. The van der Waals surface area contributed by atoms with Crippen LogP contribution in [0.1, 0.15) is 0 Å². The van der Waals surface area contributed by atoms with Gasteiger partial charge >= 0.3 is 0 Å². The topological polar surface area (TPSA) is 62.3 Å². The van der Waals surface area contributed by atoms with Gasteiger partial charge in [0.1, 0.15) is 0 Å². The molecule has 2 N–H and O–H groups in total. The zero-order valence-corrected chi connectivity index (χ0v) is 7.57. The molecule has 0 radical (unpaired) electrons. The van der Waals surface area contributed by atoms with Gasteiger partial charge in [-0.2, -0.15) is 0 Å². The summed E-state index contributed by atoms with van der Waals surface area (Å²) in [5.41, 5.74) is -0.222. The summed E-state index contributed by atoms with van der Waals surface area (Å²) in [4.78, 5) is 13.9. The number of nitrogens with one attached hydrogen (secondary N) is 1. The predicted molar refractivity (Wildman–Crippen MR) is 52.8 cm³/mol. The highest BCUT2D eigenvalue weighted by Crippen LogP contribution is 2.32. The molecule has 0 spiro atoms. The molecule has 14 heavy (non-hydrogen) atoms. The Morgan fingerprint density at radius 3 is 2.79 bits per heavy atom. The first-order chi connectivity index (χ1) is 6.74. The van der Waals surface area contributed by atoms with E-state index < -0.39 is 0 Å². The van der Waals surface area contributed by atoms with E-state index in [-0.39, 0.29) is 11.3 Å². The number of pyridine rings is 1. The van der Waals surface area contributed by atoms with Crippen LogP contribution in [0.2, 0.25) is 0 Å². The molecule has 0 unspecified atom stereocenters. The third kappa shape index (κ3) is 1.12. The molecule has 4 heteroatoms. The zero-order valence-electron chi connectivity index (χ0n) is 7.57. The maximum atomic E-state index is 11.3. The van der Waals surface area contributed by atoms with Crippen LogP contribution in [0.3, 0.4) is 0 Å². The van der Waals surface area contributed by atoms with E-state index in [0.717, 1.165) is 0 Å². The fourth-order valence-corrected chi connectivity index (χ4v) is 1.40. The molecule has 0 aliphatic heterocycles. The maximum Gasteiger partial charge on any atom is 0.255 e. The molecule has 0 saturated heterocycles. The fourth-order valence-electron chi connectivity index (χ4n) is 1.40. The molecule has 1 heterocycles. The van der Waals surface area contributed by atoms with Crippen LogP contribution in [0.5, 0.6) is 11.5 Å². The summed E-state index contributed by atoms with van der Waals surface area (Å²) >= 11 is 0. The second kappa shape index (κ2) is 3.06. The highest BCUT2D eigenvalue weighted by Gasteiger charge is 2.07. The van der Waals surface area contributed by atoms with Crippen LogP contribution in [0.25, 0.3) is 10.8 Å². The molecule has 72 valence electrons. The smallest absolute Gasteiger partial charge is 0.255 e. The first kappa shape index (κ1) is 8.62. The molecule has 2 aromatic rings. The van der Waals surface area contributed by atoms with Crippen molar-refractivity contribution >= 4 is 10.8 Å². The molecule has 1 aromatic heterocycles. The number of fused-ring (bicyclic) bond motifs is 1. The lowest BCUT2D eigenvalue weighted by atomic mass is 10.1. The van der Waals surface area contributed by atoms with E-state index in [2.05, 4.69) is 4.98 Å². The number of phenolic OH excluding ortho intramolecular Hbond substituents is 1. The van der Waals surface area contributed by atoms with E-state index in [0.29, 0.717) is 16.5 Å². The van der Waals surface area contributed by atoms with Gasteiger partial charge in [0, 0.05) is 11.6 Å². The Labute approximate surface area is 79.8 Å². The SMILES string of the molecule is COc1ccc2c(=O)[nH]ccc2c1O. The normalized spacial score (nSPS) is 10.4. The molecule has 1 aromatic carbocycles. The summed E-state index contributed by atoms with van der Waals surface area (Å²) < 4.78 is 4.93. The number of phenols is 1. The fraction of sp³-hybridized carbons (Fsp3) is 0.100. The molecule has 0 aliphatic carbocycles. The quantitative estimate of drug-likeness (QED) is 0.712.